The summed E-state index contributed by atoms with van der Waals surface area (Å²) in [5.41, 5.74) is 7.21. The van der Waals surface area contributed by atoms with Gasteiger partial charge in [0.05, 0.1) is 6.26 Å². The van der Waals surface area contributed by atoms with Crippen LogP contribution in [0.15, 0.2) is 41.0 Å². The van der Waals surface area contributed by atoms with E-state index >= 15 is 0 Å². The van der Waals surface area contributed by atoms with E-state index in [0.29, 0.717) is 0 Å². The van der Waals surface area contributed by atoms with E-state index < -0.39 is 0 Å². The summed E-state index contributed by atoms with van der Waals surface area (Å²) in [4.78, 5) is 0. The van der Waals surface area contributed by atoms with E-state index in [2.05, 4.69) is 6.92 Å². The number of hydrogen-bond acceptors (Lipinski definition) is 3. The highest BCUT2D eigenvalue weighted by Crippen LogP contribution is 2.29. The van der Waals surface area contributed by atoms with Crippen LogP contribution in [0.1, 0.15) is 37.7 Å². The fraction of sp³-hybridized carbons (Fsp3) is 0.375. The fourth-order valence-electron chi connectivity index (χ4n) is 2.07. The van der Waals surface area contributed by atoms with Crippen molar-refractivity contribution < 1.29 is 9.15 Å². The largest absolute Gasteiger partial charge is 0.481 e. The molecule has 0 aliphatic rings. The molecule has 2 aromatic rings. The van der Waals surface area contributed by atoms with Crippen LogP contribution in [-0.4, -0.2) is 6.04 Å². The molecule has 0 radical (unpaired) electrons. The first-order valence-electron chi connectivity index (χ1n) is 6.89. The number of ether oxygens (including phenoxy) is 1. The summed E-state index contributed by atoms with van der Waals surface area (Å²) in [6.45, 7) is 4.09. The van der Waals surface area contributed by atoms with Crippen molar-refractivity contribution in [2.24, 2.45) is 5.73 Å². The summed E-state index contributed by atoms with van der Waals surface area (Å²) in [6.07, 6.45) is 3.01. The summed E-state index contributed by atoms with van der Waals surface area (Å²) in [5.74, 6) is 1.50. The second-order valence-corrected chi connectivity index (χ2v) is 5.14. The van der Waals surface area contributed by atoms with Gasteiger partial charge >= 0.3 is 0 Å². The lowest BCUT2D eigenvalue weighted by Gasteiger charge is -2.23. The van der Waals surface area contributed by atoms with Crippen LogP contribution in [0.25, 0.3) is 0 Å². The second kappa shape index (κ2) is 6.82. The minimum Gasteiger partial charge on any atom is -0.481 e. The summed E-state index contributed by atoms with van der Waals surface area (Å²) >= 11 is 6.12. The van der Waals surface area contributed by atoms with Crippen LogP contribution in [0.3, 0.4) is 0 Å². The second-order valence-electron chi connectivity index (χ2n) is 4.73. The lowest BCUT2D eigenvalue weighted by atomic mass is 10.1. The van der Waals surface area contributed by atoms with Gasteiger partial charge in [-0.15, -0.1) is 0 Å². The van der Waals surface area contributed by atoms with Crippen molar-refractivity contribution in [2.75, 3.05) is 0 Å². The highest BCUT2D eigenvalue weighted by molar-refractivity contribution is 6.31. The van der Waals surface area contributed by atoms with E-state index in [1.165, 1.54) is 0 Å². The van der Waals surface area contributed by atoms with Crippen molar-refractivity contribution in [3.8, 4) is 5.75 Å². The molecule has 0 bridgehead atoms. The van der Waals surface area contributed by atoms with Gasteiger partial charge in [-0.2, -0.15) is 0 Å². The quantitative estimate of drug-likeness (QED) is 0.861. The predicted octanol–water partition coefficient (Wildman–Crippen LogP) is 4.35. The van der Waals surface area contributed by atoms with Gasteiger partial charge in [-0.25, -0.2) is 0 Å². The zero-order valence-electron chi connectivity index (χ0n) is 11.8. The first-order valence-corrected chi connectivity index (χ1v) is 7.27. The summed E-state index contributed by atoms with van der Waals surface area (Å²) in [7, 11) is 0. The number of benzene rings is 1. The monoisotopic (exact) mass is 293 g/mol. The molecule has 0 saturated carbocycles. The van der Waals surface area contributed by atoms with E-state index in [1.807, 2.05) is 37.3 Å². The minimum atomic E-state index is -0.291. The molecule has 0 aliphatic carbocycles. The Morgan fingerprint density at radius 2 is 2.10 bits per heavy atom. The average Bonchev–Trinajstić information content (AvgIpc) is 2.99. The first kappa shape index (κ1) is 14.9. The molecule has 3 nitrogen and oxygen atoms in total. The Morgan fingerprint density at radius 3 is 2.70 bits per heavy atom. The normalized spacial score (nSPS) is 14.0. The van der Waals surface area contributed by atoms with Crippen molar-refractivity contribution in [1.29, 1.82) is 0 Å². The number of aryl methyl sites for hydroxylation is 1. The lowest BCUT2D eigenvalue weighted by Crippen LogP contribution is -2.31. The van der Waals surface area contributed by atoms with Crippen molar-refractivity contribution in [3.63, 3.8) is 0 Å². The Labute approximate surface area is 124 Å². The van der Waals surface area contributed by atoms with Gasteiger partial charge in [0.1, 0.15) is 11.5 Å². The van der Waals surface area contributed by atoms with Crippen LogP contribution in [0.5, 0.6) is 5.75 Å². The molecule has 0 spiro atoms. The van der Waals surface area contributed by atoms with Crippen LogP contribution in [0, 0.1) is 0 Å². The topological polar surface area (TPSA) is 48.4 Å². The molecule has 0 fully saturated rings. The molecule has 4 heteroatoms. The molecule has 20 heavy (non-hydrogen) atoms. The van der Waals surface area contributed by atoms with Crippen LogP contribution >= 0.6 is 11.6 Å². The van der Waals surface area contributed by atoms with Crippen LogP contribution in [0.2, 0.25) is 5.02 Å². The molecule has 2 N–H and O–H groups in total. The van der Waals surface area contributed by atoms with Crippen molar-refractivity contribution in [2.45, 2.75) is 38.8 Å². The number of nitrogens with two attached hydrogens (primary N) is 1. The van der Waals surface area contributed by atoms with Crippen LogP contribution in [-0.2, 0) is 6.42 Å². The van der Waals surface area contributed by atoms with Gasteiger partial charge in [0.2, 0.25) is 0 Å². The molecule has 0 amide bonds. The molecule has 2 unspecified atom stereocenters. The van der Waals surface area contributed by atoms with Gasteiger partial charge in [-0.3, -0.25) is 0 Å². The van der Waals surface area contributed by atoms with Gasteiger partial charge in [0, 0.05) is 11.1 Å². The molecule has 1 heterocycles. The van der Waals surface area contributed by atoms with E-state index in [9.17, 15) is 0 Å². The minimum absolute atomic E-state index is 0.123. The first-order chi connectivity index (χ1) is 9.65. The van der Waals surface area contributed by atoms with E-state index in [1.54, 1.807) is 6.26 Å². The third-order valence-corrected chi connectivity index (χ3v) is 3.71. The molecule has 1 aromatic carbocycles. The highest BCUT2D eigenvalue weighted by atomic mass is 35.5. The third kappa shape index (κ3) is 3.35. The smallest absolute Gasteiger partial charge is 0.171 e. The Balaban J connectivity index is 2.24. The van der Waals surface area contributed by atoms with Gasteiger partial charge < -0.3 is 14.9 Å². The highest BCUT2D eigenvalue weighted by Gasteiger charge is 2.23. The van der Waals surface area contributed by atoms with Crippen molar-refractivity contribution >= 4 is 11.6 Å². The lowest BCUT2D eigenvalue weighted by molar-refractivity contribution is 0.144. The van der Waals surface area contributed by atoms with Crippen LogP contribution in [0.4, 0.5) is 0 Å². The SMILES string of the molecule is CCc1cc(OC(c2ccco2)C(N)CC)ccc1Cl. The standard InChI is InChI=1S/C16H20ClNO2/c1-3-11-10-12(7-8-13(11)17)20-16(14(18)4-2)15-6-5-9-19-15/h5-10,14,16H,3-4,18H2,1-2H3. The predicted molar refractivity (Wildman–Crippen MR) is 81.2 cm³/mol. The molecule has 0 saturated heterocycles. The molecular formula is C16H20ClNO2. The average molecular weight is 294 g/mol. The summed E-state index contributed by atoms with van der Waals surface area (Å²) in [6, 6.07) is 9.28. The zero-order chi connectivity index (χ0) is 14.5. The molecule has 2 atom stereocenters. The molecular weight excluding hydrogens is 274 g/mol. The third-order valence-electron chi connectivity index (χ3n) is 3.35. The Bertz CT molecular complexity index is 539. The number of furan rings is 1. The van der Waals surface area contributed by atoms with Crippen molar-refractivity contribution in [1.82, 2.24) is 0 Å². The Hall–Kier alpha value is -1.45. The molecule has 108 valence electrons. The molecule has 1 aromatic heterocycles. The van der Waals surface area contributed by atoms with Gasteiger partial charge in [0.25, 0.3) is 0 Å². The van der Waals surface area contributed by atoms with E-state index in [4.69, 9.17) is 26.5 Å². The Morgan fingerprint density at radius 1 is 1.30 bits per heavy atom. The van der Waals surface area contributed by atoms with Gasteiger partial charge in [-0.1, -0.05) is 25.4 Å². The zero-order valence-corrected chi connectivity index (χ0v) is 12.6. The molecule has 2 rings (SSSR count). The maximum Gasteiger partial charge on any atom is 0.171 e. The number of rotatable bonds is 6. The van der Waals surface area contributed by atoms with Crippen LogP contribution < -0.4 is 10.5 Å². The summed E-state index contributed by atoms with van der Waals surface area (Å²) < 4.78 is 11.5. The number of hydrogen-bond donors (Lipinski definition) is 1. The number of halogens is 1. The summed E-state index contributed by atoms with van der Waals surface area (Å²) in [5, 5.41) is 0.759. The Kier molecular flexibility index (Phi) is 5.10. The van der Waals surface area contributed by atoms with E-state index in [0.717, 1.165) is 34.9 Å². The maximum absolute atomic E-state index is 6.15. The van der Waals surface area contributed by atoms with Gasteiger partial charge in [0.15, 0.2) is 6.10 Å². The molecule has 0 aliphatic heterocycles. The van der Waals surface area contributed by atoms with Gasteiger partial charge in [-0.05, 0) is 48.7 Å². The maximum atomic E-state index is 6.15. The van der Waals surface area contributed by atoms with E-state index in [-0.39, 0.29) is 12.1 Å². The van der Waals surface area contributed by atoms with Crippen molar-refractivity contribution in [3.05, 3.63) is 52.9 Å². The fourth-order valence-corrected chi connectivity index (χ4v) is 2.32.